The molecule has 0 fully saturated rings. The highest BCUT2D eigenvalue weighted by molar-refractivity contribution is 9.10. The number of aromatic nitrogens is 1. The Morgan fingerprint density at radius 3 is 2.82 bits per heavy atom. The van der Waals surface area contributed by atoms with Crippen molar-refractivity contribution >= 4 is 27.4 Å². The van der Waals surface area contributed by atoms with Gasteiger partial charge in [-0.15, -0.1) is 0 Å². The number of nitrogens with one attached hydrogen (secondary N) is 1. The van der Waals surface area contributed by atoms with Crippen molar-refractivity contribution in [3.8, 4) is 6.07 Å². The fraction of sp³-hybridized carbons (Fsp3) is 0.0769. The summed E-state index contributed by atoms with van der Waals surface area (Å²) >= 11 is 3.48. The fourth-order valence-electron chi connectivity index (χ4n) is 1.43. The largest absolute Gasteiger partial charge is 0.339 e. The van der Waals surface area contributed by atoms with Crippen LogP contribution in [0.5, 0.6) is 0 Å². The Kier molecular flexibility index (Phi) is 3.40. The minimum atomic E-state index is 0.589. The summed E-state index contributed by atoms with van der Waals surface area (Å²) in [4.78, 5) is 4.16. The highest BCUT2D eigenvalue weighted by Gasteiger charge is 2.02. The predicted molar refractivity (Wildman–Crippen MR) is 71.1 cm³/mol. The number of aryl methyl sites for hydroxylation is 1. The van der Waals surface area contributed by atoms with Crippen molar-refractivity contribution in [3.63, 3.8) is 0 Å². The van der Waals surface area contributed by atoms with Crippen molar-refractivity contribution in [2.45, 2.75) is 6.92 Å². The first-order chi connectivity index (χ1) is 8.19. The molecule has 0 saturated heterocycles. The first-order valence-corrected chi connectivity index (χ1v) is 5.87. The van der Waals surface area contributed by atoms with Crippen LogP contribution in [-0.2, 0) is 0 Å². The predicted octanol–water partition coefficient (Wildman–Crippen LogP) is 3.77. The summed E-state index contributed by atoms with van der Waals surface area (Å²) in [6.07, 6.45) is 1.61. The zero-order valence-corrected chi connectivity index (χ0v) is 10.8. The van der Waals surface area contributed by atoms with E-state index in [0.29, 0.717) is 11.4 Å². The molecule has 84 valence electrons. The van der Waals surface area contributed by atoms with Crippen molar-refractivity contribution in [3.05, 3.63) is 52.1 Å². The molecule has 0 atom stereocenters. The maximum Gasteiger partial charge on any atom is 0.131 e. The SMILES string of the molecule is Cc1ccc(Nc2cc(C#N)ccn2)c(Br)c1. The Labute approximate surface area is 108 Å². The normalized spacial score (nSPS) is 9.71. The number of benzene rings is 1. The van der Waals surface area contributed by atoms with Crippen LogP contribution in [0.25, 0.3) is 0 Å². The van der Waals surface area contributed by atoms with Crippen LogP contribution in [0.15, 0.2) is 41.0 Å². The number of hydrogen-bond donors (Lipinski definition) is 1. The number of hydrogen-bond acceptors (Lipinski definition) is 3. The van der Waals surface area contributed by atoms with Gasteiger partial charge in [0, 0.05) is 10.7 Å². The molecular weight excluding hydrogens is 278 g/mol. The number of rotatable bonds is 2. The minimum absolute atomic E-state index is 0.589. The summed E-state index contributed by atoms with van der Waals surface area (Å²) in [7, 11) is 0. The molecule has 3 nitrogen and oxygen atoms in total. The molecule has 0 aliphatic heterocycles. The summed E-state index contributed by atoms with van der Waals surface area (Å²) in [5.74, 6) is 0.661. The van der Waals surface area contributed by atoms with E-state index >= 15 is 0 Å². The van der Waals surface area contributed by atoms with E-state index in [1.165, 1.54) is 5.56 Å². The molecule has 0 spiro atoms. The van der Waals surface area contributed by atoms with E-state index < -0.39 is 0 Å². The maximum absolute atomic E-state index is 8.80. The van der Waals surface area contributed by atoms with E-state index in [9.17, 15) is 0 Å². The van der Waals surface area contributed by atoms with Gasteiger partial charge in [-0.25, -0.2) is 4.98 Å². The summed E-state index contributed by atoms with van der Waals surface area (Å²) in [6, 6.07) is 11.5. The van der Waals surface area contributed by atoms with E-state index in [-0.39, 0.29) is 0 Å². The van der Waals surface area contributed by atoms with Crippen LogP contribution in [0.3, 0.4) is 0 Å². The van der Waals surface area contributed by atoms with Gasteiger partial charge < -0.3 is 5.32 Å². The summed E-state index contributed by atoms with van der Waals surface area (Å²) in [5, 5.41) is 12.0. The highest BCUT2D eigenvalue weighted by atomic mass is 79.9. The molecule has 1 aromatic carbocycles. The molecule has 0 radical (unpaired) electrons. The molecular formula is C13H10BrN3. The summed E-state index contributed by atoms with van der Waals surface area (Å²) in [6.45, 7) is 2.03. The zero-order valence-electron chi connectivity index (χ0n) is 9.24. The maximum atomic E-state index is 8.80. The second-order valence-electron chi connectivity index (χ2n) is 3.65. The van der Waals surface area contributed by atoms with Crippen LogP contribution in [-0.4, -0.2) is 4.98 Å². The molecule has 0 saturated carbocycles. The first-order valence-electron chi connectivity index (χ1n) is 5.08. The Morgan fingerprint density at radius 1 is 1.29 bits per heavy atom. The molecule has 0 aliphatic rings. The average Bonchev–Trinajstić information content (AvgIpc) is 2.33. The molecule has 0 aliphatic carbocycles. The lowest BCUT2D eigenvalue weighted by Crippen LogP contribution is -1.94. The van der Waals surface area contributed by atoms with Crippen LogP contribution < -0.4 is 5.32 Å². The van der Waals surface area contributed by atoms with Gasteiger partial charge in [0.05, 0.1) is 17.3 Å². The van der Waals surface area contributed by atoms with Gasteiger partial charge in [-0.3, -0.25) is 0 Å². The van der Waals surface area contributed by atoms with Gasteiger partial charge in [0.25, 0.3) is 0 Å². The molecule has 0 amide bonds. The van der Waals surface area contributed by atoms with Crippen LogP contribution >= 0.6 is 15.9 Å². The van der Waals surface area contributed by atoms with E-state index in [1.54, 1.807) is 18.3 Å². The van der Waals surface area contributed by atoms with Gasteiger partial charge in [0.1, 0.15) is 5.82 Å². The first kappa shape index (κ1) is 11.6. The van der Waals surface area contributed by atoms with Gasteiger partial charge in [-0.2, -0.15) is 5.26 Å². The van der Waals surface area contributed by atoms with Crippen LogP contribution in [0.2, 0.25) is 0 Å². The summed E-state index contributed by atoms with van der Waals surface area (Å²) < 4.78 is 0.974. The number of nitrogens with zero attached hydrogens (tertiary/aromatic N) is 2. The average molecular weight is 288 g/mol. The molecule has 17 heavy (non-hydrogen) atoms. The topological polar surface area (TPSA) is 48.7 Å². The number of halogens is 1. The standard InChI is InChI=1S/C13H10BrN3/c1-9-2-3-12(11(14)6-9)17-13-7-10(8-15)4-5-16-13/h2-7H,1H3,(H,16,17). The van der Waals surface area contributed by atoms with Crippen LogP contribution in [0, 0.1) is 18.3 Å². The van der Waals surface area contributed by atoms with Crippen molar-refractivity contribution < 1.29 is 0 Å². The molecule has 1 N–H and O–H groups in total. The van der Waals surface area contributed by atoms with Crippen LogP contribution in [0.1, 0.15) is 11.1 Å². The van der Waals surface area contributed by atoms with Gasteiger partial charge in [-0.1, -0.05) is 6.07 Å². The van der Waals surface area contributed by atoms with E-state index in [4.69, 9.17) is 5.26 Å². The van der Waals surface area contributed by atoms with Gasteiger partial charge in [0.15, 0.2) is 0 Å². The van der Waals surface area contributed by atoms with E-state index in [0.717, 1.165) is 10.2 Å². The lowest BCUT2D eigenvalue weighted by molar-refractivity contribution is 1.29. The highest BCUT2D eigenvalue weighted by Crippen LogP contribution is 2.26. The fourth-order valence-corrected chi connectivity index (χ4v) is 2.02. The number of anilines is 2. The Morgan fingerprint density at radius 2 is 2.12 bits per heavy atom. The quantitative estimate of drug-likeness (QED) is 0.915. The van der Waals surface area contributed by atoms with Gasteiger partial charge in [-0.05, 0) is 52.7 Å². The second kappa shape index (κ2) is 4.98. The van der Waals surface area contributed by atoms with Crippen molar-refractivity contribution in [2.75, 3.05) is 5.32 Å². The molecule has 0 unspecified atom stereocenters. The third-order valence-corrected chi connectivity index (χ3v) is 2.93. The smallest absolute Gasteiger partial charge is 0.131 e. The molecule has 2 aromatic rings. The lowest BCUT2D eigenvalue weighted by atomic mass is 10.2. The zero-order chi connectivity index (χ0) is 12.3. The Balaban J connectivity index is 2.28. The summed E-state index contributed by atoms with van der Waals surface area (Å²) in [5.41, 5.74) is 2.70. The Hall–Kier alpha value is -1.86. The molecule has 0 bridgehead atoms. The van der Waals surface area contributed by atoms with Crippen LogP contribution in [0.4, 0.5) is 11.5 Å². The van der Waals surface area contributed by atoms with E-state index in [1.807, 2.05) is 25.1 Å². The monoisotopic (exact) mass is 287 g/mol. The Bertz CT molecular complexity index is 587. The molecule has 4 heteroatoms. The number of nitriles is 1. The third kappa shape index (κ3) is 2.83. The van der Waals surface area contributed by atoms with Gasteiger partial charge >= 0.3 is 0 Å². The van der Waals surface area contributed by atoms with Crippen molar-refractivity contribution in [1.29, 1.82) is 5.26 Å². The molecule has 2 rings (SSSR count). The molecule has 1 heterocycles. The number of pyridine rings is 1. The van der Waals surface area contributed by atoms with Gasteiger partial charge in [0.2, 0.25) is 0 Å². The minimum Gasteiger partial charge on any atom is -0.339 e. The van der Waals surface area contributed by atoms with Crippen molar-refractivity contribution in [2.24, 2.45) is 0 Å². The lowest BCUT2D eigenvalue weighted by Gasteiger charge is -2.08. The van der Waals surface area contributed by atoms with Crippen molar-refractivity contribution in [1.82, 2.24) is 4.98 Å². The van der Waals surface area contributed by atoms with E-state index in [2.05, 4.69) is 32.3 Å². The molecule has 1 aromatic heterocycles. The second-order valence-corrected chi connectivity index (χ2v) is 4.50. The third-order valence-electron chi connectivity index (χ3n) is 2.28.